The van der Waals surface area contributed by atoms with Crippen LogP contribution in [0, 0.1) is 6.92 Å². The minimum Gasteiger partial charge on any atom is -0.313 e. The molecule has 0 fully saturated rings. The van der Waals surface area contributed by atoms with Crippen LogP contribution in [-0.2, 0) is 21.1 Å². The van der Waals surface area contributed by atoms with Crippen LogP contribution in [0.5, 0.6) is 0 Å². The van der Waals surface area contributed by atoms with E-state index < -0.39 is 14.6 Å². The van der Waals surface area contributed by atoms with Gasteiger partial charge in [0.15, 0.2) is 15.7 Å². The second-order valence-electron chi connectivity index (χ2n) is 4.05. The van der Waals surface area contributed by atoms with Crippen LogP contribution >= 0.6 is 0 Å². The third kappa shape index (κ3) is 1.03. The summed E-state index contributed by atoms with van der Waals surface area (Å²) in [6, 6.07) is 0. The first-order chi connectivity index (χ1) is 6.36. The fourth-order valence-corrected chi connectivity index (χ4v) is 3.06. The zero-order chi connectivity index (χ0) is 10.6. The summed E-state index contributed by atoms with van der Waals surface area (Å²) in [6.45, 7) is 5.67. The fourth-order valence-electron chi connectivity index (χ4n) is 1.70. The average Bonchev–Trinajstić information content (AvgIpc) is 2.42. The molecule has 0 spiro atoms. The fraction of sp³-hybridized carbons (Fsp3) is 0.750. The van der Waals surface area contributed by atoms with Crippen molar-refractivity contribution in [3.05, 3.63) is 11.6 Å². The van der Waals surface area contributed by atoms with Crippen LogP contribution in [0.3, 0.4) is 0 Å². The molecule has 0 aliphatic carbocycles. The van der Waals surface area contributed by atoms with Crippen molar-refractivity contribution in [2.24, 2.45) is 0 Å². The average molecular weight is 215 g/mol. The molecular weight excluding hydrogens is 202 g/mol. The molecule has 1 aliphatic heterocycles. The molecule has 1 aromatic heterocycles. The van der Waals surface area contributed by atoms with Gasteiger partial charge in [0, 0.05) is 6.54 Å². The zero-order valence-corrected chi connectivity index (χ0v) is 9.30. The van der Waals surface area contributed by atoms with Crippen molar-refractivity contribution >= 4 is 9.84 Å². The van der Waals surface area contributed by atoms with Gasteiger partial charge in [-0.15, -0.1) is 10.2 Å². The molecule has 0 bridgehead atoms. The lowest BCUT2D eigenvalue weighted by Gasteiger charge is -2.29. The number of rotatable bonds is 0. The summed E-state index contributed by atoms with van der Waals surface area (Å²) in [5.41, 5.74) is 0. The van der Waals surface area contributed by atoms with Crippen molar-refractivity contribution < 1.29 is 8.42 Å². The van der Waals surface area contributed by atoms with E-state index >= 15 is 0 Å². The van der Waals surface area contributed by atoms with Gasteiger partial charge in [0.25, 0.3) is 0 Å². The Morgan fingerprint density at radius 1 is 1.36 bits per heavy atom. The van der Waals surface area contributed by atoms with Gasteiger partial charge in [-0.3, -0.25) is 0 Å². The molecular formula is C8H13N3O2S. The van der Waals surface area contributed by atoms with E-state index in [0.29, 0.717) is 12.4 Å². The maximum Gasteiger partial charge on any atom is 0.164 e. The Bertz CT molecular complexity index is 473. The van der Waals surface area contributed by atoms with Crippen LogP contribution in [-0.4, -0.2) is 28.9 Å². The molecule has 0 saturated carbocycles. The Balaban J connectivity index is 2.70. The van der Waals surface area contributed by atoms with Gasteiger partial charge < -0.3 is 4.57 Å². The molecule has 0 aromatic carbocycles. The van der Waals surface area contributed by atoms with E-state index in [0.717, 1.165) is 5.82 Å². The zero-order valence-electron chi connectivity index (χ0n) is 8.48. The molecule has 6 heteroatoms. The van der Waals surface area contributed by atoms with Gasteiger partial charge in [0.2, 0.25) is 0 Å². The van der Waals surface area contributed by atoms with Gasteiger partial charge in [0.05, 0.1) is 5.75 Å². The first kappa shape index (κ1) is 9.64. The van der Waals surface area contributed by atoms with E-state index in [1.165, 1.54) is 0 Å². The van der Waals surface area contributed by atoms with Gasteiger partial charge in [0.1, 0.15) is 10.6 Å². The third-order valence-electron chi connectivity index (χ3n) is 2.84. The Labute approximate surface area is 83.1 Å². The lowest BCUT2D eigenvalue weighted by Crippen LogP contribution is -2.40. The molecule has 1 aromatic rings. The lowest BCUT2D eigenvalue weighted by atomic mass is 10.2. The Hall–Kier alpha value is -0.910. The second kappa shape index (κ2) is 2.56. The van der Waals surface area contributed by atoms with Crippen molar-refractivity contribution in [3.8, 4) is 0 Å². The minimum atomic E-state index is -3.08. The third-order valence-corrected chi connectivity index (χ3v) is 5.29. The van der Waals surface area contributed by atoms with E-state index in [1.807, 2.05) is 11.5 Å². The molecule has 78 valence electrons. The topological polar surface area (TPSA) is 64.8 Å². The predicted octanol–water partition coefficient (Wildman–Crippen LogP) is 0.250. The number of hydrogen-bond donors (Lipinski definition) is 0. The Kier molecular flexibility index (Phi) is 1.76. The van der Waals surface area contributed by atoms with Crippen molar-refractivity contribution in [3.63, 3.8) is 0 Å². The molecule has 0 N–H and O–H groups in total. The minimum absolute atomic E-state index is 0.172. The SMILES string of the molecule is Cc1nnc2n1CCS(=O)(=O)C2(C)C. The van der Waals surface area contributed by atoms with Crippen LogP contribution in [0.25, 0.3) is 0 Å². The summed E-state index contributed by atoms with van der Waals surface area (Å²) >= 11 is 0. The van der Waals surface area contributed by atoms with Crippen molar-refractivity contribution in [1.29, 1.82) is 0 Å². The summed E-state index contributed by atoms with van der Waals surface area (Å²) in [5.74, 6) is 1.51. The highest BCUT2D eigenvalue weighted by molar-refractivity contribution is 7.92. The van der Waals surface area contributed by atoms with Gasteiger partial charge in [-0.1, -0.05) is 0 Å². The van der Waals surface area contributed by atoms with Gasteiger partial charge >= 0.3 is 0 Å². The highest BCUT2D eigenvalue weighted by atomic mass is 32.2. The second-order valence-corrected chi connectivity index (χ2v) is 6.71. The van der Waals surface area contributed by atoms with E-state index in [1.54, 1.807) is 13.8 Å². The lowest BCUT2D eigenvalue weighted by molar-refractivity contribution is 0.497. The molecule has 2 rings (SSSR count). The maximum absolute atomic E-state index is 11.8. The van der Waals surface area contributed by atoms with Crippen LogP contribution in [0.15, 0.2) is 0 Å². The van der Waals surface area contributed by atoms with Crippen LogP contribution in [0.2, 0.25) is 0 Å². The quantitative estimate of drug-likeness (QED) is 0.622. The molecule has 0 radical (unpaired) electrons. The van der Waals surface area contributed by atoms with Crippen molar-refractivity contribution in [1.82, 2.24) is 14.8 Å². The number of fused-ring (bicyclic) bond motifs is 1. The molecule has 14 heavy (non-hydrogen) atoms. The summed E-state index contributed by atoms with van der Waals surface area (Å²) in [6.07, 6.45) is 0. The standard InChI is InChI=1S/C8H13N3O2S/c1-6-9-10-7-8(2,3)14(12,13)5-4-11(6)7/h4-5H2,1-3H3. The number of aryl methyl sites for hydroxylation is 1. The van der Waals surface area contributed by atoms with Gasteiger partial charge in [-0.05, 0) is 20.8 Å². The van der Waals surface area contributed by atoms with Crippen molar-refractivity contribution in [2.75, 3.05) is 5.75 Å². The molecule has 2 heterocycles. The normalized spacial score (nSPS) is 23.1. The van der Waals surface area contributed by atoms with Gasteiger partial charge in [-0.25, -0.2) is 8.42 Å². The number of aromatic nitrogens is 3. The predicted molar refractivity (Wildman–Crippen MR) is 51.6 cm³/mol. The number of nitrogens with zero attached hydrogens (tertiary/aromatic N) is 3. The smallest absolute Gasteiger partial charge is 0.164 e. The van der Waals surface area contributed by atoms with E-state index in [-0.39, 0.29) is 5.75 Å². The van der Waals surface area contributed by atoms with Crippen LogP contribution in [0.1, 0.15) is 25.5 Å². The van der Waals surface area contributed by atoms with E-state index in [4.69, 9.17) is 0 Å². The van der Waals surface area contributed by atoms with E-state index in [2.05, 4.69) is 10.2 Å². The van der Waals surface area contributed by atoms with Crippen molar-refractivity contribution in [2.45, 2.75) is 32.1 Å². The molecule has 0 saturated heterocycles. The maximum atomic E-state index is 11.8. The number of sulfone groups is 1. The molecule has 0 amide bonds. The first-order valence-corrected chi connectivity index (χ1v) is 6.14. The molecule has 5 nitrogen and oxygen atoms in total. The highest BCUT2D eigenvalue weighted by Crippen LogP contribution is 2.32. The van der Waals surface area contributed by atoms with Crippen LogP contribution < -0.4 is 0 Å². The summed E-state index contributed by atoms with van der Waals surface area (Å²) in [4.78, 5) is 0. The molecule has 0 atom stereocenters. The van der Waals surface area contributed by atoms with Crippen LogP contribution in [0.4, 0.5) is 0 Å². The largest absolute Gasteiger partial charge is 0.313 e. The summed E-state index contributed by atoms with van der Waals surface area (Å²) in [7, 11) is -3.08. The molecule has 1 aliphatic rings. The van der Waals surface area contributed by atoms with Gasteiger partial charge in [-0.2, -0.15) is 0 Å². The summed E-state index contributed by atoms with van der Waals surface area (Å²) in [5, 5.41) is 7.85. The summed E-state index contributed by atoms with van der Waals surface area (Å²) < 4.78 is 24.6. The van der Waals surface area contributed by atoms with E-state index in [9.17, 15) is 8.42 Å². The first-order valence-electron chi connectivity index (χ1n) is 4.49. The Morgan fingerprint density at radius 2 is 2.00 bits per heavy atom. The number of hydrogen-bond acceptors (Lipinski definition) is 4. The monoisotopic (exact) mass is 215 g/mol. The highest BCUT2D eigenvalue weighted by Gasteiger charge is 2.43. The Morgan fingerprint density at radius 3 is 2.64 bits per heavy atom. The molecule has 0 unspecified atom stereocenters.